The van der Waals surface area contributed by atoms with Crippen LogP contribution in [0, 0.1) is 5.92 Å². The van der Waals surface area contributed by atoms with Crippen molar-refractivity contribution in [3.63, 3.8) is 0 Å². The molecule has 0 amide bonds. The molecule has 1 aliphatic heterocycles. The van der Waals surface area contributed by atoms with Crippen LogP contribution in [0.4, 0.5) is 0 Å². The summed E-state index contributed by atoms with van der Waals surface area (Å²) in [5, 5.41) is 0. The third-order valence-corrected chi connectivity index (χ3v) is 4.86. The molecule has 1 saturated heterocycles. The Bertz CT molecular complexity index is 403. The van der Waals surface area contributed by atoms with Crippen LogP contribution in [0.3, 0.4) is 0 Å². The number of rotatable bonds is 3. The van der Waals surface area contributed by atoms with Gasteiger partial charge in [0.25, 0.3) is 0 Å². The van der Waals surface area contributed by atoms with Crippen LogP contribution in [-0.4, -0.2) is 37.2 Å². The van der Waals surface area contributed by atoms with Gasteiger partial charge in [-0.3, -0.25) is 4.90 Å². The van der Waals surface area contributed by atoms with E-state index in [9.17, 15) is 0 Å². The van der Waals surface area contributed by atoms with E-state index in [1.165, 1.54) is 31.2 Å². The summed E-state index contributed by atoms with van der Waals surface area (Å²) in [6.07, 6.45) is 5.06. The number of hydrogen-bond donors (Lipinski definition) is 1. The number of nitrogens with zero attached hydrogens (tertiary/aromatic N) is 1. The summed E-state index contributed by atoms with van der Waals surface area (Å²) in [7, 11) is 0. The summed E-state index contributed by atoms with van der Waals surface area (Å²) in [6, 6.07) is 11.7. The zero-order valence-corrected chi connectivity index (χ0v) is 12.2. The van der Waals surface area contributed by atoms with Crippen molar-refractivity contribution in [3.8, 4) is 0 Å². The predicted molar refractivity (Wildman–Crippen MR) is 81.5 cm³/mol. The summed E-state index contributed by atoms with van der Waals surface area (Å²) >= 11 is 0. The number of morpholine rings is 1. The van der Waals surface area contributed by atoms with Gasteiger partial charge in [-0.2, -0.15) is 0 Å². The molecule has 0 radical (unpaired) electrons. The normalized spacial score (nSPS) is 30.1. The zero-order valence-electron chi connectivity index (χ0n) is 12.2. The van der Waals surface area contributed by atoms with Crippen LogP contribution in [0.25, 0.3) is 0 Å². The van der Waals surface area contributed by atoms with Gasteiger partial charge in [-0.1, -0.05) is 43.2 Å². The number of hydrogen-bond acceptors (Lipinski definition) is 3. The first-order chi connectivity index (χ1) is 9.86. The van der Waals surface area contributed by atoms with Crippen LogP contribution in [0.1, 0.15) is 37.3 Å². The lowest BCUT2D eigenvalue weighted by molar-refractivity contribution is -0.00615. The lowest BCUT2D eigenvalue weighted by Gasteiger charge is -2.43. The van der Waals surface area contributed by atoms with Crippen LogP contribution in [0.2, 0.25) is 0 Å². The minimum absolute atomic E-state index is 0.344. The quantitative estimate of drug-likeness (QED) is 0.920. The van der Waals surface area contributed by atoms with Gasteiger partial charge < -0.3 is 10.5 Å². The van der Waals surface area contributed by atoms with Crippen LogP contribution >= 0.6 is 0 Å². The van der Waals surface area contributed by atoms with Crippen molar-refractivity contribution < 1.29 is 4.74 Å². The Morgan fingerprint density at radius 2 is 1.75 bits per heavy atom. The van der Waals surface area contributed by atoms with Crippen molar-refractivity contribution in [1.29, 1.82) is 0 Å². The molecule has 2 aliphatic rings. The molecular weight excluding hydrogens is 248 g/mol. The van der Waals surface area contributed by atoms with E-state index >= 15 is 0 Å². The molecule has 3 nitrogen and oxygen atoms in total. The molecule has 0 aromatic heterocycles. The average Bonchev–Trinajstić information content (AvgIpc) is 2.52. The third kappa shape index (κ3) is 3.05. The van der Waals surface area contributed by atoms with Gasteiger partial charge in [-0.25, -0.2) is 0 Å². The molecule has 1 aromatic rings. The minimum Gasteiger partial charge on any atom is -0.379 e. The van der Waals surface area contributed by atoms with E-state index in [0.29, 0.717) is 18.0 Å². The van der Waals surface area contributed by atoms with Gasteiger partial charge in [0.15, 0.2) is 0 Å². The van der Waals surface area contributed by atoms with Gasteiger partial charge in [0.05, 0.1) is 13.2 Å². The maximum Gasteiger partial charge on any atom is 0.0594 e. The number of ether oxygens (including phenoxy) is 1. The summed E-state index contributed by atoms with van der Waals surface area (Å²) < 4.78 is 5.53. The van der Waals surface area contributed by atoms with E-state index in [1.54, 1.807) is 0 Å². The standard InChI is InChI=1S/C17H26N2O/c18-16-9-5-4-8-15(16)17(14-6-2-1-3-7-14)19-10-12-20-13-11-19/h1-3,6-7,15-17H,4-5,8-13,18H2. The first-order valence-corrected chi connectivity index (χ1v) is 7.98. The smallest absolute Gasteiger partial charge is 0.0594 e. The highest BCUT2D eigenvalue weighted by atomic mass is 16.5. The van der Waals surface area contributed by atoms with Crippen LogP contribution in [-0.2, 0) is 4.74 Å². The van der Waals surface area contributed by atoms with Gasteiger partial charge in [0, 0.05) is 25.2 Å². The fourth-order valence-corrected chi connectivity index (χ4v) is 3.81. The molecule has 3 unspecified atom stereocenters. The van der Waals surface area contributed by atoms with Gasteiger partial charge >= 0.3 is 0 Å². The summed E-state index contributed by atoms with van der Waals surface area (Å²) in [5.74, 6) is 0.587. The zero-order chi connectivity index (χ0) is 13.8. The molecule has 1 saturated carbocycles. The summed E-state index contributed by atoms with van der Waals surface area (Å²) in [6.45, 7) is 3.77. The second kappa shape index (κ2) is 6.70. The van der Waals surface area contributed by atoms with Gasteiger partial charge in [-0.15, -0.1) is 0 Å². The highest BCUT2D eigenvalue weighted by Gasteiger charge is 2.34. The van der Waals surface area contributed by atoms with Crippen LogP contribution in [0.5, 0.6) is 0 Å². The third-order valence-electron chi connectivity index (χ3n) is 4.86. The topological polar surface area (TPSA) is 38.5 Å². The lowest BCUT2D eigenvalue weighted by atomic mass is 9.77. The second-order valence-electron chi connectivity index (χ2n) is 6.12. The molecule has 3 heteroatoms. The molecule has 0 spiro atoms. The second-order valence-corrected chi connectivity index (χ2v) is 6.12. The molecule has 3 atom stereocenters. The molecule has 110 valence electrons. The Morgan fingerprint density at radius 3 is 2.45 bits per heavy atom. The maximum absolute atomic E-state index is 6.47. The Morgan fingerprint density at radius 1 is 1.05 bits per heavy atom. The van der Waals surface area contributed by atoms with Gasteiger partial charge in [0.1, 0.15) is 0 Å². The number of nitrogens with two attached hydrogens (primary N) is 1. The summed E-state index contributed by atoms with van der Waals surface area (Å²) in [5.41, 5.74) is 7.89. The molecule has 3 rings (SSSR count). The lowest BCUT2D eigenvalue weighted by Crippen LogP contribution is -2.47. The van der Waals surface area contributed by atoms with Crippen LogP contribution < -0.4 is 5.73 Å². The van der Waals surface area contributed by atoms with E-state index in [4.69, 9.17) is 10.5 Å². The SMILES string of the molecule is NC1CCCCC1C(c1ccccc1)N1CCOCC1. The monoisotopic (exact) mass is 274 g/mol. The van der Waals surface area contributed by atoms with E-state index in [-0.39, 0.29) is 0 Å². The highest BCUT2D eigenvalue weighted by molar-refractivity contribution is 5.21. The molecule has 1 aliphatic carbocycles. The molecule has 0 bridgehead atoms. The summed E-state index contributed by atoms with van der Waals surface area (Å²) in [4.78, 5) is 2.59. The first-order valence-electron chi connectivity index (χ1n) is 7.98. The van der Waals surface area contributed by atoms with Gasteiger partial charge in [-0.05, 0) is 24.3 Å². The molecular formula is C17H26N2O. The van der Waals surface area contributed by atoms with E-state index in [0.717, 1.165) is 26.3 Å². The van der Waals surface area contributed by atoms with Crippen LogP contribution in [0.15, 0.2) is 30.3 Å². The van der Waals surface area contributed by atoms with Crippen molar-refractivity contribution in [2.45, 2.75) is 37.8 Å². The van der Waals surface area contributed by atoms with Crippen molar-refractivity contribution >= 4 is 0 Å². The molecule has 1 aromatic carbocycles. The van der Waals surface area contributed by atoms with Crippen molar-refractivity contribution in [3.05, 3.63) is 35.9 Å². The fourth-order valence-electron chi connectivity index (χ4n) is 3.81. The fraction of sp³-hybridized carbons (Fsp3) is 0.647. The maximum atomic E-state index is 6.47. The Balaban J connectivity index is 1.86. The Kier molecular flexibility index (Phi) is 4.71. The average molecular weight is 274 g/mol. The minimum atomic E-state index is 0.344. The highest BCUT2D eigenvalue weighted by Crippen LogP contribution is 2.38. The van der Waals surface area contributed by atoms with Gasteiger partial charge in [0.2, 0.25) is 0 Å². The Labute approximate surface area is 122 Å². The van der Waals surface area contributed by atoms with Crippen molar-refractivity contribution in [1.82, 2.24) is 4.90 Å². The Hall–Kier alpha value is -0.900. The van der Waals surface area contributed by atoms with Crippen molar-refractivity contribution in [2.24, 2.45) is 11.7 Å². The molecule has 2 fully saturated rings. The molecule has 2 N–H and O–H groups in total. The van der Waals surface area contributed by atoms with E-state index in [1.807, 2.05) is 0 Å². The van der Waals surface area contributed by atoms with Crippen molar-refractivity contribution in [2.75, 3.05) is 26.3 Å². The predicted octanol–water partition coefficient (Wildman–Crippen LogP) is 2.58. The van der Waals surface area contributed by atoms with E-state index in [2.05, 4.69) is 35.2 Å². The largest absolute Gasteiger partial charge is 0.379 e. The molecule has 1 heterocycles. The first kappa shape index (κ1) is 14.1. The number of benzene rings is 1. The van der Waals surface area contributed by atoms with E-state index < -0.39 is 0 Å². The molecule has 20 heavy (non-hydrogen) atoms.